The Balaban J connectivity index is 2.44. The van der Waals surface area contributed by atoms with E-state index in [9.17, 15) is 22.0 Å². The highest BCUT2D eigenvalue weighted by Gasteiger charge is 2.24. The minimum absolute atomic E-state index is 0.0272. The van der Waals surface area contributed by atoms with Crippen molar-refractivity contribution in [1.29, 1.82) is 0 Å². The van der Waals surface area contributed by atoms with E-state index in [-0.39, 0.29) is 29.4 Å². The van der Waals surface area contributed by atoms with E-state index in [0.29, 0.717) is 0 Å². The van der Waals surface area contributed by atoms with Crippen molar-refractivity contribution in [2.24, 2.45) is 0 Å². The molecule has 9 heteroatoms. The van der Waals surface area contributed by atoms with E-state index < -0.39 is 33.1 Å². The molecule has 0 radical (unpaired) electrons. The number of nitrogens with one attached hydrogen (secondary N) is 1. The highest BCUT2D eigenvalue weighted by molar-refractivity contribution is 7.89. The summed E-state index contributed by atoms with van der Waals surface area (Å²) in [7, 11) is -2.43. The Morgan fingerprint density at radius 1 is 1.15 bits per heavy atom. The summed E-state index contributed by atoms with van der Waals surface area (Å²) in [6.07, 6.45) is 0. The second kappa shape index (κ2) is 8.45. The molecule has 0 atom stereocenters. The molecule has 27 heavy (non-hydrogen) atoms. The molecule has 0 saturated heterocycles. The zero-order chi connectivity index (χ0) is 20.2. The first-order chi connectivity index (χ1) is 12.8. The molecule has 0 unspecified atom stereocenters. The van der Waals surface area contributed by atoms with Crippen molar-refractivity contribution in [2.45, 2.75) is 18.7 Å². The van der Waals surface area contributed by atoms with Crippen LogP contribution >= 0.6 is 0 Å². The van der Waals surface area contributed by atoms with Crippen LogP contribution in [0, 0.1) is 11.6 Å². The average Bonchev–Trinajstić information content (AvgIpc) is 2.64. The number of methoxy groups -OCH3 is 1. The molecule has 1 N–H and O–H groups in total. The molecule has 2 aromatic carbocycles. The summed E-state index contributed by atoms with van der Waals surface area (Å²) < 4.78 is 58.9. The summed E-state index contributed by atoms with van der Waals surface area (Å²) in [6, 6.07) is 7.17. The van der Waals surface area contributed by atoms with Crippen LogP contribution in [0.15, 0.2) is 41.3 Å². The topological polar surface area (TPSA) is 75.7 Å². The number of ether oxygens (including phenoxy) is 1. The Labute approximate surface area is 156 Å². The maximum Gasteiger partial charge on any atom is 0.258 e. The lowest BCUT2D eigenvalue weighted by atomic mass is 10.2. The molecule has 0 aromatic heterocycles. The molecular weight excluding hydrogens is 378 g/mol. The van der Waals surface area contributed by atoms with Crippen molar-refractivity contribution in [3.63, 3.8) is 0 Å². The number of nitrogens with zero attached hydrogens (tertiary/aromatic N) is 1. The third-order valence-corrected chi connectivity index (χ3v) is 6.00. The summed E-state index contributed by atoms with van der Waals surface area (Å²) in [5.41, 5.74) is -0.478. The first kappa shape index (κ1) is 20.8. The van der Waals surface area contributed by atoms with E-state index in [2.05, 4.69) is 5.32 Å². The van der Waals surface area contributed by atoms with Crippen LogP contribution in [0.4, 0.5) is 14.5 Å². The quantitative estimate of drug-likeness (QED) is 0.777. The van der Waals surface area contributed by atoms with Gasteiger partial charge in [-0.15, -0.1) is 0 Å². The predicted molar refractivity (Wildman–Crippen MR) is 97.4 cm³/mol. The second-order valence-electron chi connectivity index (χ2n) is 5.51. The van der Waals surface area contributed by atoms with E-state index in [1.807, 2.05) is 0 Å². The first-order valence-electron chi connectivity index (χ1n) is 8.19. The van der Waals surface area contributed by atoms with Gasteiger partial charge in [0.2, 0.25) is 10.0 Å². The van der Waals surface area contributed by atoms with E-state index in [1.54, 1.807) is 13.8 Å². The van der Waals surface area contributed by atoms with Gasteiger partial charge in [-0.1, -0.05) is 19.9 Å². The van der Waals surface area contributed by atoms with Crippen LogP contribution in [0.5, 0.6) is 5.75 Å². The van der Waals surface area contributed by atoms with Crippen LogP contribution in [0.2, 0.25) is 0 Å². The SMILES string of the molecule is CCN(CC)S(=O)(=O)c1ccc(OC)c(NC(=O)c2cccc(F)c2F)c1. The molecular formula is C18H20F2N2O4S. The number of anilines is 1. The molecule has 1 amide bonds. The third kappa shape index (κ3) is 4.25. The van der Waals surface area contributed by atoms with Gasteiger partial charge in [0, 0.05) is 13.1 Å². The van der Waals surface area contributed by atoms with Gasteiger partial charge in [-0.2, -0.15) is 4.31 Å². The molecule has 0 aliphatic heterocycles. The van der Waals surface area contributed by atoms with Crippen molar-refractivity contribution in [3.05, 3.63) is 53.6 Å². The lowest BCUT2D eigenvalue weighted by molar-refractivity contribution is 0.102. The van der Waals surface area contributed by atoms with Gasteiger partial charge in [0.05, 0.1) is 23.3 Å². The van der Waals surface area contributed by atoms with Crippen molar-refractivity contribution in [3.8, 4) is 5.75 Å². The molecule has 0 spiro atoms. The van der Waals surface area contributed by atoms with Crippen molar-refractivity contribution < 1.29 is 26.7 Å². The molecule has 0 fully saturated rings. The fourth-order valence-corrected chi connectivity index (χ4v) is 4.01. The van der Waals surface area contributed by atoms with Gasteiger partial charge in [0.15, 0.2) is 11.6 Å². The van der Waals surface area contributed by atoms with Gasteiger partial charge in [0.1, 0.15) is 5.75 Å². The van der Waals surface area contributed by atoms with E-state index >= 15 is 0 Å². The van der Waals surface area contributed by atoms with Crippen molar-refractivity contribution >= 4 is 21.6 Å². The molecule has 0 saturated carbocycles. The Bertz CT molecular complexity index is 944. The smallest absolute Gasteiger partial charge is 0.258 e. The molecule has 0 aliphatic rings. The molecule has 0 bridgehead atoms. The normalized spacial score (nSPS) is 11.5. The number of benzene rings is 2. The van der Waals surface area contributed by atoms with E-state index in [4.69, 9.17) is 4.74 Å². The van der Waals surface area contributed by atoms with Crippen molar-refractivity contribution in [2.75, 3.05) is 25.5 Å². The Morgan fingerprint density at radius 2 is 1.81 bits per heavy atom. The van der Waals surface area contributed by atoms with Gasteiger partial charge < -0.3 is 10.1 Å². The Morgan fingerprint density at radius 3 is 2.41 bits per heavy atom. The summed E-state index contributed by atoms with van der Waals surface area (Å²) in [4.78, 5) is 12.3. The zero-order valence-electron chi connectivity index (χ0n) is 15.1. The van der Waals surface area contributed by atoms with Crippen LogP contribution in [0.1, 0.15) is 24.2 Å². The fourth-order valence-electron chi connectivity index (χ4n) is 2.53. The number of hydrogen-bond acceptors (Lipinski definition) is 4. The van der Waals surface area contributed by atoms with Gasteiger partial charge >= 0.3 is 0 Å². The van der Waals surface area contributed by atoms with Crippen LogP contribution < -0.4 is 10.1 Å². The number of amides is 1. The molecule has 0 aliphatic carbocycles. The van der Waals surface area contributed by atoms with Crippen LogP contribution in [-0.2, 0) is 10.0 Å². The zero-order valence-corrected chi connectivity index (χ0v) is 15.9. The van der Waals surface area contributed by atoms with Crippen LogP contribution in [0.25, 0.3) is 0 Å². The van der Waals surface area contributed by atoms with Gasteiger partial charge in [0.25, 0.3) is 5.91 Å². The van der Waals surface area contributed by atoms with Gasteiger partial charge in [-0.25, -0.2) is 17.2 Å². The summed E-state index contributed by atoms with van der Waals surface area (Å²) in [5, 5.41) is 2.38. The van der Waals surface area contributed by atoms with Gasteiger partial charge in [-0.05, 0) is 30.3 Å². The number of sulfonamides is 1. The van der Waals surface area contributed by atoms with Crippen LogP contribution in [-0.4, -0.2) is 38.8 Å². The fraction of sp³-hybridized carbons (Fsp3) is 0.278. The van der Waals surface area contributed by atoms with Gasteiger partial charge in [-0.3, -0.25) is 4.79 Å². The molecule has 6 nitrogen and oxygen atoms in total. The minimum Gasteiger partial charge on any atom is -0.495 e. The molecule has 2 aromatic rings. The van der Waals surface area contributed by atoms with E-state index in [1.165, 1.54) is 35.7 Å². The lowest BCUT2D eigenvalue weighted by Crippen LogP contribution is -2.30. The maximum absolute atomic E-state index is 13.8. The molecule has 146 valence electrons. The second-order valence-corrected chi connectivity index (χ2v) is 7.44. The lowest BCUT2D eigenvalue weighted by Gasteiger charge is -2.19. The monoisotopic (exact) mass is 398 g/mol. The highest BCUT2D eigenvalue weighted by atomic mass is 32.2. The summed E-state index contributed by atoms with van der Waals surface area (Å²) in [5.74, 6) is -3.20. The predicted octanol–water partition coefficient (Wildman–Crippen LogP) is 3.26. The number of carbonyl (C=O) groups is 1. The minimum atomic E-state index is -3.77. The van der Waals surface area contributed by atoms with Crippen molar-refractivity contribution in [1.82, 2.24) is 4.31 Å². The number of rotatable bonds is 7. The maximum atomic E-state index is 13.8. The average molecular weight is 398 g/mol. The number of hydrogen-bond donors (Lipinski definition) is 1. The summed E-state index contributed by atoms with van der Waals surface area (Å²) >= 11 is 0. The highest BCUT2D eigenvalue weighted by Crippen LogP contribution is 2.29. The largest absolute Gasteiger partial charge is 0.495 e. The third-order valence-electron chi connectivity index (χ3n) is 3.96. The number of carbonyl (C=O) groups excluding carboxylic acids is 1. The standard InChI is InChI=1S/C18H20F2N2O4S/c1-4-22(5-2)27(24,25)12-9-10-16(26-3)15(11-12)21-18(23)13-7-6-8-14(19)17(13)20/h6-11H,4-5H2,1-3H3,(H,21,23). The first-order valence-corrected chi connectivity index (χ1v) is 9.63. The summed E-state index contributed by atoms with van der Waals surface area (Å²) in [6.45, 7) is 3.97. The molecule has 0 heterocycles. The van der Waals surface area contributed by atoms with Crippen LogP contribution in [0.3, 0.4) is 0 Å². The number of halogens is 2. The Kier molecular flexibility index (Phi) is 6.50. The molecule has 2 rings (SSSR count). The Hall–Kier alpha value is -2.52. The van der Waals surface area contributed by atoms with E-state index in [0.717, 1.165) is 12.1 Å².